The van der Waals surface area contributed by atoms with Crippen LogP contribution in [-0.2, 0) is 22.6 Å². The molecule has 0 spiro atoms. The van der Waals surface area contributed by atoms with E-state index in [2.05, 4.69) is 5.32 Å². The van der Waals surface area contributed by atoms with Crippen LogP contribution in [0.4, 0.5) is 0 Å². The number of hydrogen-bond donors (Lipinski definition) is 1. The van der Waals surface area contributed by atoms with E-state index in [1.54, 1.807) is 24.1 Å². The summed E-state index contributed by atoms with van der Waals surface area (Å²) in [4.78, 5) is 28.5. The topological polar surface area (TPSA) is 58.6 Å². The SMILES string of the molecule is CCCNC(=O)C(c1ccccc1)N(Cc1ccc(OC)cc1)C(=O)Cc1ccc(Cl)cc1. The predicted molar refractivity (Wildman–Crippen MR) is 131 cm³/mol. The molecule has 3 rings (SSSR count). The fourth-order valence-electron chi connectivity index (χ4n) is 3.58. The van der Waals surface area contributed by atoms with Gasteiger partial charge in [0.2, 0.25) is 11.8 Å². The zero-order chi connectivity index (χ0) is 23.6. The van der Waals surface area contributed by atoms with Crippen LogP contribution in [0.1, 0.15) is 36.1 Å². The molecule has 0 aliphatic heterocycles. The molecule has 0 fully saturated rings. The van der Waals surface area contributed by atoms with E-state index in [0.29, 0.717) is 11.6 Å². The van der Waals surface area contributed by atoms with Crippen LogP contribution in [0.25, 0.3) is 0 Å². The molecule has 1 N–H and O–H groups in total. The van der Waals surface area contributed by atoms with Gasteiger partial charge in [-0.3, -0.25) is 9.59 Å². The van der Waals surface area contributed by atoms with Crippen molar-refractivity contribution in [3.8, 4) is 5.75 Å². The van der Waals surface area contributed by atoms with E-state index < -0.39 is 6.04 Å². The predicted octanol–water partition coefficient (Wildman–Crippen LogP) is 5.19. The molecule has 3 aromatic carbocycles. The van der Waals surface area contributed by atoms with E-state index >= 15 is 0 Å². The van der Waals surface area contributed by atoms with Crippen molar-refractivity contribution < 1.29 is 14.3 Å². The monoisotopic (exact) mass is 464 g/mol. The highest BCUT2D eigenvalue weighted by Crippen LogP contribution is 2.26. The molecule has 0 radical (unpaired) electrons. The number of nitrogens with one attached hydrogen (secondary N) is 1. The van der Waals surface area contributed by atoms with Crippen molar-refractivity contribution in [3.63, 3.8) is 0 Å². The van der Waals surface area contributed by atoms with Gasteiger partial charge in [0.1, 0.15) is 11.8 Å². The van der Waals surface area contributed by atoms with Gasteiger partial charge in [-0.2, -0.15) is 0 Å². The highest BCUT2D eigenvalue weighted by Gasteiger charge is 2.31. The molecule has 0 heterocycles. The molecule has 172 valence electrons. The third-order valence-corrected chi connectivity index (χ3v) is 5.58. The summed E-state index contributed by atoms with van der Waals surface area (Å²) >= 11 is 6.00. The average molecular weight is 465 g/mol. The van der Waals surface area contributed by atoms with Crippen LogP contribution in [0, 0.1) is 0 Å². The summed E-state index contributed by atoms with van der Waals surface area (Å²) in [6.45, 7) is 2.83. The lowest BCUT2D eigenvalue weighted by Crippen LogP contribution is -2.44. The van der Waals surface area contributed by atoms with E-state index in [1.165, 1.54) is 0 Å². The van der Waals surface area contributed by atoms with Gasteiger partial charge in [-0.15, -0.1) is 0 Å². The Morgan fingerprint density at radius 3 is 2.18 bits per heavy atom. The summed E-state index contributed by atoms with van der Waals surface area (Å²) in [7, 11) is 1.61. The van der Waals surface area contributed by atoms with Crippen molar-refractivity contribution in [1.82, 2.24) is 10.2 Å². The molecule has 33 heavy (non-hydrogen) atoms. The Bertz CT molecular complexity index is 1040. The van der Waals surface area contributed by atoms with E-state index in [4.69, 9.17) is 16.3 Å². The lowest BCUT2D eigenvalue weighted by atomic mass is 10.0. The lowest BCUT2D eigenvalue weighted by Gasteiger charge is -2.32. The lowest BCUT2D eigenvalue weighted by molar-refractivity contribution is -0.141. The fourth-order valence-corrected chi connectivity index (χ4v) is 3.71. The zero-order valence-corrected chi connectivity index (χ0v) is 19.7. The molecule has 0 saturated heterocycles. The quantitative estimate of drug-likeness (QED) is 0.449. The third-order valence-electron chi connectivity index (χ3n) is 5.33. The van der Waals surface area contributed by atoms with Gasteiger partial charge in [0.05, 0.1) is 13.5 Å². The minimum atomic E-state index is -0.750. The van der Waals surface area contributed by atoms with E-state index in [0.717, 1.165) is 28.9 Å². The smallest absolute Gasteiger partial charge is 0.247 e. The summed E-state index contributed by atoms with van der Waals surface area (Å²) in [5.74, 6) is 0.396. The minimum absolute atomic E-state index is 0.145. The van der Waals surface area contributed by atoms with Crippen molar-refractivity contribution in [2.45, 2.75) is 32.4 Å². The normalized spacial score (nSPS) is 11.5. The minimum Gasteiger partial charge on any atom is -0.497 e. The maximum Gasteiger partial charge on any atom is 0.247 e. The molecule has 5 nitrogen and oxygen atoms in total. The van der Waals surface area contributed by atoms with Gasteiger partial charge in [-0.25, -0.2) is 0 Å². The second kappa shape index (κ2) is 12.1. The molecular weight excluding hydrogens is 436 g/mol. The molecule has 0 bridgehead atoms. The maximum atomic E-state index is 13.6. The van der Waals surface area contributed by atoms with Crippen molar-refractivity contribution in [2.75, 3.05) is 13.7 Å². The van der Waals surface area contributed by atoms with E-state index in [9.17, 15) is 9.59 Å². The first-order valence-corrected chi connectivity index (χ1v) is 11.4. The summed E-state index contributed by atoms with van der Waals surface area (Å²) in [6.07, 6.45) is 0.974. The van der Waals surface area contributed by atoms with Crippen LogP contribution < -0.4 is 10.1 Å². The Balaban J connectivity index is 1.97. The van der Waals surface area contributed by atoms with Crippen molar-refractivity contribution >= 4 is 23.4 Å². The highest BCUT2D eigenvalue weighted by atomic mass is 35.5. The Morgan fingerprint density at radius 2 is 1.58 bits per heavy atom. The number of rotatable bonds is 10. The Morgan fingerprint density at radius 1 is 0.939 bits per heavy atom. The first kappa shape index (κ1) is 24.3. The van der Waals surface area contributed by atoms with Crippen LogP contribution >= 0.6 is 11.6 Å². The molecule has 0 saturated carbocycles. The van der Waals surface area contributed by atoms with E-state index in [1.807, 2.05) is 73.7 Å². The number of ether oxygens (including phenoxy) is 1. The van der Waals surface area contributed by atoms with Crippen LogP contribution in [0.15, 0.2) is 78.9 Å². The van der Waals surface area contributed by atoms with Crippen molar-refractivity contribution in [3.05, 3.63) is 101 Å². The number of amides is 2. The number of benzene rings is 3. The van der Waals surface area contributed by atoms with E-state index in [-0.39, 0.29) is 24.8 Å². The van der Waals surface area contributed by atoms with Crippen molar-refractivity contribution in [1.29, 1.82) is 0 Å². The maximum absolute atomic E-state index is 13.6. The summed E-state index contributed by atoms with van der Waals surface area (Å²) < 4.78 is 5.25. The standard InChI is InChI=1S/C27H29ClN2O3/c1-3-17-29-27(32)26(22-7-5-4-6-8-22)30(19-21-11-15-24(33-2)16-12-21)25(31)18-20-9-13-23(28)14-10-20/h4-16,26H,3,17-19H2,1-2H3,(H,29,32). The van der Waals surface area contributed by atoms with Crippen molar-refractivity contribution in [2.24, 2.45) is 0 Å². The second-order valence-electron chi connectivity index (χ2n) is 7.78. The number of hydrogen-bond acceptors (Lipinski definition) is 3. The van der Waals surface area contributed by atoms with Crippen LogP contribution in [0.2, 0.25) is 5.02 Å². The molecule has 6 heteroatoms. The highest BCUT2D eigenvalue weighted by molar-refractivity contribution is 6.30. The van der Waals surface area contributed by atoms with Gasteiger partial charge in [-0.05, 0) is 47.4 Å². The second-order valence-corrected chi connectivity index (χ2v) is 8.21. The number of carbonyl (C=O) groups excluding carboxylic acids is 2. The molecule has 1 atom stereocenters. The first-order chi connectivity index (χ1) is 16.0. The molecule has 1 unspecified atom stereocenters. The average Bonchev–Trinajstić information content (AvgIpc) is 2.84. The number of methoxy groups -OCH3 is 1. The Labute approximate surface area is 200 Å². The van der Waals surface area contributed by atoms with Gasteiger partial charge in [0.25, 0.3) is 0 Å². The Hall–Kier alpha value is -3.31. The van der Waals surface area contributed by atoms with Gasteiger partial charge in [0, 0.05) is 18.1 Å². The first-order valence-electron chi connectivity index (χ1n) is 11.0. The number of nitrogens with zero attached hydrogens (tertiary/aromatic N) is 1. The van der Waals surface area contributed by atoms with Gasteiger partial charge in [0.15, 0.2) is 0 Å². The molecule has 0 aliphatic rings. The van der Waals surface area contributed by atoms with Gasteiger partial charge in [-0.1, -0.05) is 73.1 Å². The molecule has 0 aromatic heterocycles. The molecule has 0 aliphatic carbocycles. The molecule has 3 aromatic rings. The summed E-state index contributed by atoms with van der Waals surface area (Å²) in [5.41, 5.74) is 2.51. The summed E-state index contributed by atoms with van der Waals surface area (Å²) in [6, 6.07) is 23.4. The summed E-state index contributed by atoms with van der Waals surface area (Å²) in [5, 5.41) is 3.58. The zero-order valence-electron chi connectivity index (χ0n) is 19.0. The third kappa shape index (κ3) is 6.83. The van der Waals surface area contributed by atoms with Gasteiger partial charge < -0.3 is 15.0 Å². The number of carbonyl (C=O) groups is 2. The fraction of sp³-hybridized carbons (Fsp3) is 0.259. The van der Waals surface area contributed by atoms with Gasteiger partial charge >= 0.3 is 0 Å². The largest absolute Gasteiger partial charge is 0.497 e. The Kier molecular flexibility index (Phi) is 8.90. The molecule has 2 amide bonds. The van der Waals surface area contributed by atoms with Crippen LogP contribution in [0.5, 0.6) is 5.75 Å². The molecular formula is C27H29ClN2O3. The van der Waals surface area contributed by atoms with Crippen LogP contribution in [-0.4, -0.2) is 30.4 Å². The van der Waals surface area contributed by atoms with Crippen LogP contribution in [0.3, 0.4) is 0 Å². The number of halogens is 1.